The molecule has 1 aliphatic carbocycles. The number of benzene rings is 1. The molecule has 1 amide bonds. The van der Waals surface area contributed by atoms with Crippen molar-refractivity contribution in [3.05, 3.63) is 24.3 Å². The lowest BCUT2D eigenvalue weighted by atomic mass is 9.98. The smallest absolute Gasteiger partial charge is 0.277 e. The van der Waals surface area contributed by atoms with E-state index in [0.717, 1.165) is 17.7 Å². The van der Waals surface area contributed by atoms with Gasteiger partial charge in [-0.05, 0) is 43.5 Å². The van der Waals surface area contributed by atoms with E-state index in [1.807, 2.05) is 24.3 Å². The lowest BCUT2D eigenvalue weighted by molar-refractivity contribution is -0.118. The highest BCUT2D eigenvalue weighted by atomic mass is 32.2. The van der Waals surface area contributed by atoms with Crippen molar-refractivity contribution < 1.29 is 18.7 Å². The van der Waals surface area contributed by atoms with Gasteiger partial charge < -0.3 is 19.2 Å². The second kappa shape index (κ2) is 11.1. The van der Waals surface area contributed by atoms with Crippen LogP contribution in [0.2, 0.25) is 0 Å². The molecule has 1 fully saturated rings. The summed E-state index contributed by atoms with van der Waals surface area (Å²) in [4.78, 5) is 12.0. The Balaban J connectivity index is 1.31. The Bertz CT molecular complexity index is 729. The SMILES string of the molecule is COc1ccc(-c2nnc(SCC(=O)NCCCOC3CCCCC3)o2)cc1. The molecule has 1 aliphatic rings. The predicted molar refractivity (Wildman–Crippen MR) is 107 cm³/mol. The number of aromatic nitrogens is 2. The van der Waals surface area contributed by atoms with Gasteiger partial charge >= 0.3 is 0 Å². The average Bonchev–Trinajstić information content (AvgIpc) is 3.22. The molecular formula is C20H27N3O4S. The lowest BCUT2D eigenvalue weighted by Crippen LogP contribution is -2.27. The predicted octanol–water partition coefficient (Wildman–Crippen LogP) is 3.69. The molecule has 0 bridgehead atoms. The minimum Gasteiger partial charge on any atom is -0.497 e. The van der Waals surface area contributed by atoms with Crippen molar-refractivity contribution in [2.24, 2.45) is 0 Å². The molecule has 8 heteroatoms. The van der Waals surface area contributed by atoms with Crippen molar-refractivity contribution in [1.29, 1.82) is 0 Å². The standard InChI is InChI=1S/C20H27N3O4S/c1-25-16-10-8-15(9-11-16)19-22-23-20(27-19)28-14-18(24)21-12-5-13-26-17-6-3-2-4-7-17/h8-11,17H,2-7,12-14H2,1H3,(H,21,24). The number of thioether (sulfide) groups is 1. The van der Waals surface area contributed by atoms with Gasteiger partial charge in [-0.2, -0.15) is 0 Å². The van der Waals surface area contributed by atoms with E-state index in [-0.39, 0.29) is 11.7 Å². The van der Waals surface area contributed by atoms with E-state index in [0.29, 0.717) is 30.4 Å². The average molecular weight is 406 g/mol. The summed E-state index contributed by atoms with van der Waals surface area (Å²) in [5.41, 5.74) is 0.808. The van der Waals surface area contributed by atoms with E-state index in [1.165, 1.54) is 43.9 Å². The van der Waals surface area contributed by atoms with E-state index < -0.39 is 0 Å². The number of hydrogen-bond donors (Lipinski definition) is 1. The van der Waals surface area contributed by atoms with Crippen molar-refractivity contribution >= 4 is 17.7 Å². The van der Waals surface area contributed by atoms with E-state index in [4.69, 9.17) is 13.9 Å². The number of carbonyl (C=O) groups is 1. The molecule has 3 rings (SSSR count). The van der Waals surface area contributed by atoms with Gasteiger partial charge in [0.25, 0.3) is 5.22 Å². The molecule has 0 spiro atoms. The highest BCUT2D eigenvalue weighted by Crippen LogP contribution is 2.24. The Morgan fingerprint density at radius 1 is 1.21 bits per heavy atom. The Hall–Kier alpha value is -2.06. The van der Waals surface area contributed by atoms with Gasteiger partial charge in [0.15, 0.2) is 0 Å². The second-order valence-electron chi connectivity index (χ2n) is 6.72. The fourth-order valence-electron chi connectivity index (χ4n) is 3.08. The van der Waals surface area contributed by atoms with Gasteiger partial charge in [-0.25, -0.2) is 0 Å². The topological polar surface area (TPSA) is 86.5 Å². The van der Waals surface area contributed by atoms with E-state index in [9.17, 15) is 4.79 Å². The number of hydrogen-bond acceptors (Lipinski definition) is 7. The van der Waals surface area contributed by atoms with Crippen LogP contribution in [-0.4, -0.2) is 48.2 Å². The molecule has 0 saturated heterocycles. The summed E-state index contributed by atoms with van der Waals surface area (Å²) in [7, 11) is 1.62. The fourth-order valence-corrected chi connectivity index (χ4v) is 3.67. The van der Waals surface area contributed by atoms with Crippen LogP contribution < -0.4 is 10.1 Å². The van der Waals surface area contributed by atoms with Gasteiger partial charge in [-0.1, -0.05) is 31.0 Å². The first-order chi connectivity index (χ1) is 13.7. The van der Waals surface area contributed by atoms with Crippen LogP contribution >= 0.6 is 11.8 Å². The summed E-state index contributed by atoms with van der Waals surface area (Å²) in [6, 6.07) is 7.36. The summed E-state index contributed by atoms with van der Waals surface area (Å²) in [5, 5.41) is 11.3. The van der Waals surface area contributed by atoms with Gasteiger partial charge in [0, 0.05) is 18.7 Å². The van der Waals surface area contributed by atoms with Crippen LogP contribution in [0.15, 0.2) is 33.9 Å². The molecule has 1 aromatic carbocycles. The largest absolute Gasteiger partial charge is 0.497 e. The molecule has 0 unspecified atom stereocenters. The summed E-state index contributed by atoms with van der Waals surface area (Å²) in [6.07, 6.45) is 7.46. The molecule has 1 N–H and O–H groups in total. The first-order valence-corrected chi connectivity index (χ1v) is 10.7. The number of amides is 1. The Morgan fingerprint density at radius 2 is 2.00 bits per heavy atom. The number of nitrogens with one attached hydrogen (secondary N) is 1. The third kappa shape index (κ3) is 6.53. The minimum absolute atomic E-state index is 0.0492. The van der Waals surface area contributed by atoms with Gasteiger partial charge in [-0.3, -0.25) is 4.79 Å². The molecule has 1 aromatic heterocycles. The molecule has 0 aliphatic heterocycles. The van der Waals surface area contributed by atoms with Crippen molar-refractivity contribution in [2.45, 2.75) is 49.9 Å². The molecular weight excluding hydrogens is 378 g/mol. The van der Waals surface area contributed by atoms with E-state index in [2.05, 4.69) is 15.5 Å². The zero-order valence-corrected chi connectivity index (χ0v) is 17.0. The van der Waals surface area contributed by atoms with Gasteiger partial charge in [0.1, 0.15) is 5.75 Å². The zero-order valence-electron chi connectivity index (χ0n) is 16.2. The quantitative estimate of drug-likeness (QED) is 0.476. The third-order valence-electron chi connectivity index (χ3n) is 4.62. The number of nitrogens with zero attached hydrogens (tertiary/aromatic N) is 2. The normalized spacial score (nSPS) is 14.8. The number of rotatable bonds is 10. The van der Waals surface area contributed by atoms with Gasteiger partial charge in [-0.15, -0.1) is 10.2 Å². The molecule has 0 radical (unpaired) electrons. The van der Waals surface area contributed by atoms with Crippen molar-refractivity contribution in [3.8, 4) is 17.2 Å². The van der Waals surface area contributed by atoms with Crippen LogP contribution in [0.5, 0.6) is 5.75 Å². The molecule has 152 valence electrons. The minimum atomic E-state index is -0.0492. The van der Waals surface area contributed by atoms with E-state index >= 15 is 0 Å². The van der Waals surface area contributed by atoms with Crippen molar-refractivity contribution in [2.75, 3.05) is 26.0 Å². The zero-order chi connectivity index (χ0) is 19.6. The van der Waals surface area contributed by atoms with Crippen molar-refractivity contribution in [3.63, 3.8) is 0 Å². The number of methoxy groups -OCH3 is 1. The third-order valence-corrected chi connectivity index (χ3v) is 5.44. The Labute approximate surface area is 169 Å². The van der Waals surface area contributed by atoms with Gasteiger partial charge in [0.2, 0.25) is 11.8 Å². The second-order valence-corrected chi connectivity index (χ2v) is 7.65. The highest BCUT2D eigenvalue weighted by Gasteiger charge is 2.14. The monoisotopic (exact) mass is 405 g/mol. The Morgan fingerprint density at radius 3 is 2.75 bits per heavy atom. The molecule has 0 atom stereocenters. The van der Waals surface area contributed by atoms with Crippen LogP contribution in [0.1, 0.15) is 38.5 Å². The molecule has 28 heavy (non-hydrogen) atoms. The van der Waals surface area contributed by atoms with Crippen LogP contribution in [-0.2, 0) is 9.53 Å². The van der Waals surface area contributed by atoms with Crippen LogP contribution in [0.3, 0.4) is 0 Å². The van der Waals surface area contributed by atoms with Gasteiger partial charge in [0.05, 0.1) is 19.0 Å². The molecule has 2 aromatic rings. The summed E-state index contributed by atoms with van der Waals surface area (Å²) < 4.78 is 16.6. The maximum atomic E-state index is 12.0. The fraction of sp³-hybridized carbons (Fsp3) is 0.550. The molecule has 7 nitrogen and oxygen atoms in total. The van der Waals surface area contributed by atoms with Crippen molar-refractivity contribution in [1.82, 2.24) is 15.5 Å². The summed E-state index contributed by atoms with van der Waals surface area (Å²) in [5.74, 6) is 1.38. The summed E-state index contributed by atoms with van der Waals surface area (Å²) in [6.45, 7) is 1.32. The number of ether oxygens (including phenoxy) is 2. The molecule has 1 saturated carbocycles. The summed E-state index contributed by atoms with van der Waals surface area (Å²) >= 11 is 1.23. The lowest BCUT2D eigenvalue weighted by Gasteiger charge is -2.21. The van der Waals surface area contributed by atoms with Crippen LogP contribution in [0.25, 0.3) is 11.5 Å². The molecule has 1 heterocycles. The first kappa shape index (κ1) is 20.7. The number of carbonyl (C=O) groups excluding carboxylic acids is 1. The van der Waals surface area contributed by atoms with Crippen LogP contribution in [0.4, 0.5) is 0 Å². The van der Waals surface area contributed by atoms with Crippen LogP contribution in [0, 0.1) is 0 Å². The Kier molecular flexibility index (Phi) is 8.17. The highest BCUT2D eigenvalue weighted by molar-refractivity contribution is 7.99. The maximum Gasteiger partial charge on any atom is 0.277 e. The van der Waals surface area contributed by atoms with E-state index in [1.54, 1.807) is 7.11 Å². The maximum absolute atomic E-state index is 12.0. The first-order valence-electron chi connectivity index (χ1n) is 9.73.